The Morgan fingerprint density at radius 1 is 1.12 bits per heavy atom. The standard InChI is InChI=1S/C26H25BrFN3OS/c1-2-24-22-14-33-25(31-26(22,15-32-24)21-13-18(27)7-12-23(21)28)30-20-10-5-17(6-11-20)16-3-8-19(29)9-4-16/h3-13,22,24H,2,14-15,29H2,1H3,(H,30,31)/t22-,24+,26-/m1/s1. The zero-order valence-electron chi connectivity index (χ0n) is 18.2. The molecule has 3 aromatic rings. The van der Waals surface area contributed by atoms with Crippen molar-refractivity contribution in [2.45, 2.75) is 25.0 Å². The maximum atomic E-state index is 15.0. The fourth-order valence-corrected chi connectivity index (χ4v) is 6.29. The van der Waals surface area contributed by atoms with Crippen LogP contribution in [0.3, 0.4) is 0 Å². The summed E-state index contributed by atoms with van der Waals surface area (Å²) in [5.74, 6) is 0.695. The van der Waals surface area contributed by atoms with E-state index in [4.69, 9.17) is 15.5 Å². The second-order valence-corrected chi connectivity index (χ2v) is 10.4. The van der Waals surface area contributed by atoms with Crippen LogP contribution in [0.25, 0.3) is 11.1 Å². The molecule has 0 aliphatic carbocycles. The minimum Gasteiger partial charge on any atom is -0.399 e. The van der Waals surface area contributed by atoms with Crippen molar-refractivity contribution in [1.29, 1.82) is 0 Å². The van der Waals surface area contributed by atoms with E-state index in [9.17, 15) is 0 Å². The topological polar surface area (TPSA) is 59.6 Å². The summed E-state index contributed by atoms with van der Waals surface area (Å²) in [7, 11) is 0. The number of hydrogen-bond donors (Lipinski definition) is 2. The fourth-order valence-electron chi connectivity index (χ4n) is 4.69. The molecule has 0 bridgehead atoms. The first kappa shape index (κ1) is 22.4. The second-order valence-electron chi connectivity index (χ2n) is 8.46. The highest BCUT2D eigenvalue weighted by atomic mass is 79.9. The molecule has 2 aliphatic rings. The molecule has 170 valence electrons. The first-order valence-corrected chi connectivity index (χ1v) is 12.8. The Hall–Kier alpha value is -2.35. The van der Waals surface area contributed by atoms with Crippen LogP contribution in [-0.2, 0) is 10.3 Å². The van der Waals surface area contributed by atoms with Gasteiger partial charge in [0.2, 0.25) is 0 Å². The summed E-state index contributed by atoms with van der Waals surface area (Å²) in [6.07, 6.45) is 0.952. The number of nitrogens with two attached hydrogens (primary N) is 1. The van der Waals surface area contributed by atoms with Crippen LogP contribution in [0.2, 0.25) is 0 Å². The molecule has 0 radical (unpaired) electrons. The Morgan fingerprint density at radius 3 is 2.52 bits per heavy atom. The predicted molar refractivity (Wildman–Crippen MR) is 139 cm³/mol. The summed E-state index contributed by atoms with van der Waals surface area (Å²) < 4.78 is 22.0. The number of hydrogen-bond acceptors (Lipinski definition) is 5. The number of nitrogens with zero attached hydrogens (tertiary/aromatic N) is 1. The van der Waals surface area contributed by atoms with Gasteiger partial charge in [-0.2, -0.15) is 0 Å². The molecular weight excluding hydrogens is 501 g/mol. The quantitative estimate of drug-likeness (QED) is 0.373. The van der Waals surface area contributed by atoms with Gasteiger partial charge in [0, 0.05) is 33.1 Å². The van der Waals surface area contributed by atoms with E-state index in [1.807, 2.05) is 42.5 Å². The largest absolute Gasteiger partial charge is 0.399 e. The van der Waals surface area contributed by atoms with Crippen molar-refractivity contribution in [3.8, 4) is 11.1 Å². The SMILES string of the molecule is CC[C@@H]1OC[C@]2(c3cc(Br)ccc3F)N=C(Nc3ccc(-c4ccc(N)cc4)cc3)SC[C@H]12. The van der Waals surface area contributed by atoms with Gasteiger partial charge in [-0.15, -0.1) is 0 Å². The summed E-state index contributed by atoms with van der Waals surface area (Å²) >= 11 is 5.17. The van der Waals surface area contributed by atoms with Gasteiger partial charge < -0.3 is 15.8 Å². The molecule has 3 aromatic carbocycles. The van der Waals surface area contributed by atoms with Gasteiger partial charge in [0.25, 0.3) is 0 Å². The summed E-state index contributed by atoms with van der Waals surface area (Å²) in [6.45, 7) is 2.49. The first-order valence-electron chi connectivity index (χ1n) is 11.0. The third kappa shape index (κ3) is 4.29. The number of nitrogens with one attached hydrogen (secondary N) is 1. The number of anilines is 2. The number of thioether (sulfide) groups is 1. The average molecular weight is 526 g/mol. The number of amidine groups is 1. The Bertz CT molecular complexity index is 1190. The molecule has 0 saturated carbocycles. The summed E-state index contributed by atoms with van der Waals surface area (Å²) in [5.41, 5.74) is 9.57. The van der Waals surface area contributed by atoms with Gasteiger partial charge in [0.05, 0.1) is 12.7 Å². The number of rotatable bonds is 4. The molecule has 0 spiro atoms. The van der Waals surface area contributed by atoms with E-state index in [1.54, 1.807) is 17.8 Å². The zero-order chi connectivity index (χ0) is 23.0. The van der Waals surface area contributed by atoms with Crippen molar-refractivity contribution in [1.82, 2.24) is 0 Å². The monoisotopic (exact) mass is 525 g/mol. The van der Waals surface area contributed by atoms with E-state index >= 15 is 4.39 Å². The number of nitrogen functional groups attached to an aromatic ring is 1. The lowest BCUT2D eigenvalue weighted by Gasteiger charge is -2.36. The average Bonchev–Trinajstić information content (AvgIpc) is 3.20. The molecular formula is C26H25BrFN3OS. The van der Waals surface area contributed by atoms with Crippen molar-refractivity contribution < 1.29 is 9.13 Å². The Labute approximate surface area is 206 Å². The van der Waals surface area contributed by atoms with Gasteiger partial charge in [-0.3, -0.25) is 0 Å². The third-order valence-electron chi connectivity index (χ3n) is 6.46. The minimum absolute atomic E-state index is 0.0698. The van der Waals surface area contributed by atoms with Gasteiger partial charge in [0.1, 0.15) is 11.4 Å². The summed E-state index contributed by atoms with van der Waals surface area (Å²) in [4.78, 5) is 5.10. The number of ether oxygens (including phenoxy) is 1. The van der Waals surface area contributed by atoms with Crippen LogP contribution < -0.4 is 11.1 Å². The van der Waals surface area contributed by atoms with Crippen LogP contribution in [0.4, 0.5) is 15.8 Å². The second kappa shape index (κ2) is 9.12. The first-order chi connectivity index (χ1) is 16.0. The maximum Gasteiger partial charge on any atom is 0.162 e. The molecule has 1 fully saturated rings. The third-order valence-corrected chi connectivity index (χ3v) is 7.94. The lowest BCUT2D eigenvalue weighted by atomic mass is 9.78. The molecule has 0 unspecified atom stereocenters. The lowest BCUT2D eigenvalue weighted by molar-refractivity contribution is 0.0904. The van der Waals surface area contributed by atoms with E-state index in [1.165, 1.54) is 6.07 Å². The normalized spacial score (nSPS) is 24.3. The van der Waals surface area contributed by atoms with Crippen LogP contribution in [-0.4, -0.2) is 23.6 Å². The highest BCUT2D eigenvalue weighted by Gasteiger charge is 2.53. The van der Waals surface area contributed by atoms with E-state index in [0.717, 1.165) is 44.3 Å². The van der Waals surface area contributed by atoms with Crippen molar-refractivity contribution >= 4 is 44.2 Å². The van der Waals surface area contributed by atoms with Crippen molar-refractivity contribution in [3.63, 3.8) is 0 Å². The lowest BCUT2D eigenvalue weighted by Crippen LogP contribution is -2.42. The van der Waals surface area contributed by atoms with Crippen LogP contribution in [0.5, 0.6) is 0 Å². The molecule has 1 saturated heterocycles. The molecule has 4 nitrogen and oxygen atoms in total. The van der Waals surface area contributed by atoms with Crippen LogP contribution in [0.15, 0.2) is 76.2 Å². The Morgan fingerprint density at radius 2 is 1.82 bits per heavy atom. The predicted octanol–water partition coefficient (Wildman–Crippen LogP) is 6.67. The molecule has 33 heavy (non-hydrogen) atoms. The number of benzene rings is 3. The zero-order valence-corrected chi connectivity index (χ0v) is 20.6. The minimum atomic E-state index is -0.730. The molecule has 2 aliphatic heterocycles. The molecule has 2 heterocycles. The number of fused-ring (bicyclic) bond motifs is 1. The van der Waals surface area contributed by atoms with Crippen molar-refractivity contribution in [3.05, 3.63) is 82.6 Å². The highest BCUT2D eigenvalue weighted by Crippen LogP contribution is 2.49. The Balaban J connectivity index is 1.45. The summed E-state index contributed by atoms with van der Waals surface area (Å²) in [6, 6.07) is 21.1. The maximum absolute atomic E-state index is 15.0. The smallest absolute Gasteiger partial charge is 0.162 e. The van der Waals surface area contributed by atoms with Crippen molar-refractivity contribution in [2.75, 3.05) is 23.4 Å². The van der Waals surface area contributed by atoms with Gasteiger partial charge in [0.15, 0.2) is 5.17 Å². The molecule has 0 amide bonds. The molecule has 3 atom stereocenters. The fraction of sp³-hybridized carbons (Fsp3) is 0.269. The van der Waals surface area contributed by atoms with Crippen LogP contribution in [0.1, 0.15) is 18.9 Å². The van der Waals surface area contributed by atoms with Gasteiger partial charge in [-0.05, 0) is 60.0 Å². The van der Waals surface area contributed by atoms with E-state index in [0.29, 0.717) is 12.2 Å². The molecule has 0 aromatic heterocycles. The van der Waals surface area contributed by atoms with Gasteiger partial charge in [-0.1, -0.05) is 58.9 Å². The van der Waals surface area contributed by atoms with Crippen LogP contribution >= 0.6 is 27.7 Å². The van der Waals surface area contributed by atoms with Gasteiger partial charge in [-0.25, -0.2) is 9.38 Å². The van der Waals surface area contributed by atoms with E-state index in [-0.39, 0.29) is 17.8 Å². The number of halogens is 2. The molecule has 3 N–H and O–H groups in total. The Kier molecular flexibility index (Phi) is 6.20. The van der Waals surface area contributed by atoms with Gasteiger partial charge >= 0.3 is 0 Å². The van der Waals surface area contributed by atoms with E-state index in [2.05, 4.69) is 40.3 Å². The number of aliphatic imine (C=N–C) groups is 1. The van der Waals surface area contributed by atoms with Crippen molar-refractivity contribution in [2.24, 2.45) is 10.9 Å². The summed E-state index contributed by atoms with van der Waals surface area (Å²) in [5, 5.41) is 4.23. The highest BCUT2D eigenvalue weighted by molar-refractivity contribution is 9.10. The molecule has 7 heteroatoms. The van der Waals surface area contributed by atoms with E-state index < -0.39 is 5.54 Å². The van der Waals surface area contributed by atoms with Crippen LogP contribution in [0, 0.1) is 11.7 Å². The molecule has 5 rings (SSSR count).